The molecule has 2 aromatic carbocycles. The third-order valence-corrected chi connectivity index (χ3v) is 4.83. The lowest BCUT2D eigenvalue weighted by atomic mass is 10.1. The first-order valence-electron chi connectivity index (χ1n) is 8.85. The average Bonchev–Trinajstić information content (AvgIpc) is 3.04. The van der Waals surface area contributed by atoms with Crippen LogP contribution in [-0.4, -0.2) is 23.3 Å². The molecule has 1 atom stereocenters. The van der Waals surface area contributed by atoms with Crippen LogP contribution < -0.4 is 10.2 Å². The molecule has 0 spiro atoms. The van der Waals surface area contributed by atoms with Crippen LogP contribution in [0.2, 0.25) is 0 Å². The van der Waals surface area contributed by atoms with Gasteiger partial charge in [0, 0.05) is 36.0 Å². The summed E-state index contributed by atoms with van der Waals surface area (Å²) in [7, 11) is 0. The number of para-hydroxylation sites is 1. The van der Waals surface area contributed by atoms with Crippen LogP contribution in [0.4, 0.5) is 17.1 Å². The van der Waals surface area contributed by atoms with Gasteiger partial charge in [-0.2, -0.15) is 0 Å². The van der Waals surface area contributed by atoms with Crippen molar-refractivity contribution >= 4 is 28.9 Å². The molecule has 0 aliphatic carbocycles. The SMILES string of the molecule is CCc1ccccc1N1C[C@H](C(=O)Nc2ccc(C)c([N+](=O)[O-])c2)CC1=O. The zero-order valence-corrected chi connectivity index (χ0v) is 15.3. The number of hydrogen-bond donors (Lipinski definition) is 1. The number of amides is 2. The minimum atomic E-state index is -0.497. The van der Waals surface area contributed by atoms with E-state index in [1.165, 1.54) is 6.07 Å². The van der Waals surface area contributed by atoms with Gasteiger partial charge in [-0.1, -0.05) is 31.2 Å². The van der Waals surface area contributed by atoms with Crippen LogP contribution in [0.1, 0.15) is 24.5 Å². The lowest BCUT2D eigenvalue weighted by Crippen LogP contribution is -2.28. The van der Waals surface area contributed by atoms with Crippen LogP contribution in [0.25, 0.3) is 0 Å². The smallest absolute Gasteiger partial charge is 0.274 e. The van der Waals surface area contributed by atoms with Crippen molar-refractivity contribution in [1.82, 2.24) is 0 Å². The molecular formula is C20H21N3O4. The van der Waals surface area contributed by atoms with Gasteiger partial charge < -0.3 is 10.2 Å². The Morgan fingerprint density at radius 1 is 1.30 bits per heavy atom. The van der Waals surface area contributed by atoms with Crippen LogP contribution in [-0.2, 0) is 16.0 Å². The van der Waals surface area contributed by atoms with Crippen molar-refractivity contribution in [2.75, 3.05) is 16.8 Å². The number of nitro benzene ring substituents is 1. The van der Waals surface area contributed by atoms with Crippen LogP contribution in [0, 0.1) is 23.0 Å². The lowest BCUT2D eigenvalue weighted by Gasteiger charge is -2.20. The first kappa shape index (κ1) is 18.6. The van der Waals surface area contributed by atoms with E-state index in [0.29, 0.717) is 17.8 Å². The first-order valence-corrected chi connectivity index (χ1v) is 8.85. The van der Waals surface area contributed by atoms with E-state index in [9.17, 15) is 19.7 Å². The maximum absolute atomic E-state index is 12.6. The maximum atomic E-state index is 12.6. The number of rotatable bonds is 5. The highest BCUT2D eigenvalue weighted by Gasteiger charge is 2.35. The Bertz CT molecular complexity index is 910. The molecule has 27 heavy (non-hydrogen) atoms. The zero-order chi connectivity index (χ0) is 19.6. The number of nitro groups is 1. The van der Waals surface area contributed by atoms with Gasteiger partial charge in [-0.3, -0.25) is 19.7 Å². The number of aryl methyl sites for hydroxylation is 2. The number of hydrogen-bond acceptors (Lipinski definition) is 4. The Labute approximate surface area is 157 Å². The second-order valence-electron chi connectivity index (χ2n) is 6.64. The summed E-state index contributed by atoms with van der Waals surface area (Å²) >= 11 is 0. The molecule has 1 aliphatic heterocycles. The Morgan fingerprint density at radius 3 is 2.74 bits per heavy atom. The molecule has 0 unspecified atom stereocenters. The standard InChI is InChI=1S/C20H21N3O4/c1-3-14-6-4-5-7-17(14)22-12-15(10-19(22)24)20(25)21-16-9-8-13(2)18(11-16)23(26)27/h4-9,11,15H,3,10,12H2,1-2H3,(H,21,25)/t15-/m1/s1. The van der Waals surface area contributed by atoms with Crippen molar-refractivity contribution in [3.63, 3.8) is 0 Å². The second kappa shape index (κ2) is 7.57. The molecule has 1 saturated heterocycles. The average molecular weight is 367 g/mol. The van der Waals surface area contributed by atoms with Crippen molar-refractivity contribution in [3.05, 3.63) is 63.7 Å². The molecule has 1 heterocycles. The number of nitrogens with one attached hydrogen (secondary N) is 1. The van der Waals surface area contributed by atoms with E-state index >= 15 is 0 Å². The van der Waals surface area contributed by atoms with Gasteiger partial charge in [0.05, 0.1) is 10.8 Å². The Morgan fingerprint density at radius 2 is 2.04 bits per heavy atom. The van der Waals surface area contributed by atoms with Gasteiger partial charge in [0.1, 0.15) is 0 Å². The summed E-state index contributed by atoms with van der Waals surface area (Å²) in [5, 5.41) is 13.8. The quantitative estimate of drug-likeness (QED) is 0.647. The van der Waals surface area contributed by atoms with Crippen molar-refractivity contribution in [1.29, 1.82) is 0 Å². The Hall–Kier alpha value is -3.22. The van der Waals surface area contributed by atoms with E-state index in [-0.39, 0.29) is 23.9 Å². The number of carbonyl (C=O) groups is 2. The summed E-state index contributed by atoms with van der Waals surface area (Å²) in [4.78, 5) is 37.3. The van der Waals surface area contributed by atoms with Crippen LogP contribution in [0.5, 0.6) is 0 Å². The summed E-state index contributed by atoms with van der Waals surface area (Å²) in [6.45, 7) is 3.96. The van der Waals surface area contributed by atoms with E-state index in [2.05, 4.69) is 5.32 Å². The van der Waals surface area contributed by atoms with Gasteiger partial charge in [0.2, 0.25) is 11.8 Å². The molecular weight excluding hydrogens is 346 g/mol. The molecule has 140 valence electrons. The van der Waals surface area contributed by atoms with Gasteiger partial charge in [-0.25, -0.2) is 0 Å². The highest BCUT2D eigenvalue weighted by molar-refractivity contribution is 6.04. The number of benzene rings is 2. The highest BCUT2D eigenvalue weighted by Crippen LogP contribution is 2.29. The minimum absolute atomic E-state index is 0.0474. The molecule has 0 bridgehead atoms. The summed E-state index contributed by atoms with van der Waals surface area (Å²) in [6, 6.07) is 12.2. The predicted octanol–water partition coefficient (Wildman–Crippen LogP) is 3.46. The van der Waals surface area contributed by atoms with Crippen molar-refractivity contribution in [3.8, 4) is 0 Å². The minimum Gasteiger partial charge on any atom is -0.326 e. The fourth-order valence-corrected chi connectivity index (χ4v) is 3.32. The monoisotopic (exact) mass is 367 g/mol. The topological polar surface area (TPSA) is 92.6 Å². The fraction of sp³-hybridized carbons (Fsp3) is 0.300. The maximum Gasteiger partial charge on any atom is 0.274 e. The largest absolute Gasteiger partial charge is 0.326 e. The van der Waals surface area contributed by atoms with Gasteiger partial charge in [0.15, 0.2) is 0 Å². The van der Waals surface area contributed by atoms with E-state index < -0.39 is 10.8 Å². The van der Waals surface area contributed by atoms with E-state index in [0.717, 1.165) is 17.7 Å². The normalized spacial score (nSPS) is 16.4. The zero-order valence-electron chi connectivity index (χ0n) is 15.3. The summed E-state index contributed by atoms with van der Waals surface area (Å²) in [6.07, 6.45) is 0.918. The first-order chi connectivity index (χ1) is 12.9. The van der Waals surface area contributed by atoms with Crippen LogP contribution in [0.3, 0.4) is 0 Å². The molecule has 1 aliphatic rings. The number of carbonyl (C=O) groups excluding carboxylic acids is 2. The number of nitrogens with zero attached hydrogens (tertiary/aromatic N) is 2. The molecule has 7 nitrogen and oxygen atoms in total. The molecule has 1 N–H and O–H groups in total. The number of anilines is 2. The molecule has 2 amide bonds. The fourth-order valence-electron chi connectivity index (χ4n) is 3.32. The Kier molecular flexibility index (Phi) is 5.21. The van der Waals surface area contributed by atoms with Gasteiger partial charge in [-0.15, -0.1) is 0 Å². The van der Waals surface area contributed by atoms with Crippen LogP contribution in [0.15, 0.2) is 42.5 Å². The van der Waals surface area contributed by atoms with Gasteiger partial charge in [0.25, 0.3) is 5.69 Å². The van der Waals surface area contributed by atoms with E-state index in [4.69, 9.17) is 0 Å². The second-order valence-corrected chi connectivity index (χ2v) is 6.64. The van der Waals surface area contributed by atoms with Gasteiger partial charge in [-0.05, 0) is 31.0 Å². The molecule has 3 rings (SSSR count). The van der Waals surface area contributed by atoms with E-state index in [1.54, 1.807) is 24.0 Å². The van der Waals surface area contributed by atoms with Gasteiger partial charge >= 0.3 is 0 Å². The van der Waals surface area contributed by atoms with Crippen molar-refractivity contribution in [2.24, 2.45) is 5.92 Å². The molecule has 7 heteroatoms. The predicted molar refractivity (Wildman–Crippen MR) is 103 cm³/mol. The molecule has 0 radical (unpaired) electrons. The highest BCUT2D eigenvalue weighted by atomic mass is 16.6. The third kappa shape index (κ3) is 3.81. The van der Waals surface area contributed by atoms with Crippen molar-refractivity contribution < 1.29 is 14.5 Å². The molecule has 2 aromatic rings. The van der Waals surface area contributed by atoms with Crippen LogP contribution >= 0.6 is 0 Å². The summed E-state index contributed by atoms with van der Waals surface area (Å²) in [5.74, 6) is -0.897. The summed E-state index contributed by atoms with van der Waals surface area (Å²) < 4.78 is 0. The van der Waals surface area contributed by atoms with Crippen molar-refractivity contribution in [2.45, 2.75) is 26.7 Å². The van der Waals surface area contributed by atoms with E-state index in [1.807, 2.05) is 31.2 Å². The molecule has 0 aromatic heterocycles. The molecule has 0 saturated carbocycles. The summed E-state index contributed by atoms with van der Waals surface area (Å²) in [5.41, 5.74) is 2.73. The lowest BCUT2D eigenvalue weighted by molar-refractivity contribution is -0.385. The third-order valence-electron chi connectivity index (χ3n) is 4.83. The molecule has 1 fully saturated rings. The Balaban J connectivity index is 1.75.